The first-order valence-corrected chi connectivity index (χ1v) is 8.08. The minimum Gasteiger partial charge on any atom is -0.144 e. The zero-order valence-electron chi connectivity index (χ0n) is 7.51. The number of benzene rings is 1. The standard InChI is InChI=1S/C10H8Br2S2/c1-13-8-4-9-6(2-3-14-9)10(12)7(8)5-11/h2-4H,5H2,1H3. The first-order valence-electron chi connectivity index (χ1n) is 4.06. The van der Waals surface area contributed by atoms with Crippen LogP contribution in [-0.4, -0.2) is 6.26 Å². The summed E-state index contributed by atoms with van der Waals surface area (Å²) in [5.74, 6) is 0. The van der Waals surface area contributed by atoms with Crippen LogP contribution in [0.4, 0.5) is 0 Å². The van der Waals surface area contributed by atoms with Gasteiger partial charge in [0.2, 0.25) is 0 Å². The summed E-state index contributed by atoms with van der Waals surface area (Å²) in [6.07, 6.45) is 2.12. The summed E-state index contributed by atoms with van der Waals surface area (Å²) < 4.78 is 2.59. The predicted molar refractivity (Wildman–Crippen MR) is 73.9 cm³/mol. The molecule has 0 aliphatic rings. The van der Waals surface area contributed by atoms with Gasteiger partial charge in [-0.1, -0.05) is 15.9 Å². The van der Waals surface area contributed by atoms with E-state index in [1.807, 2.05) is 0 Å². The Morgan fingerprint density at radius 1 is 1.50 bits per heavy atom. The van der Waals surface area contributed by atoms with Gasteiger partial charge in [0.1, 0.15) is 0 Å². The molecule has 1 heterocycles. The van der Waals surface area contributed by atoms with Crippen molar-refractivity contribution in [3.8, 4) is 0 Å². The Kier molecular flexibility index (Phi) is 3.58. The molecule has 2 rings (SSSR count). The number of thioether (sulfide) groups is 1. The maximum absolute atomic E-state index is 3.68. The van der Waals surface area contributed by atoms with Crippen LogP contribution in [0.25, 0.3) is 10.1 Å². The van der Waals surface area contributed by atoms with E-state index < -0.39 is 0 Å². The van der Waals surface area contributed by atoms with Crippen LogP contribution in [0.5, 0.6) is 0 Å². The number of hydrogen-bond donors (Lipinski definition) is 0. The maximum atomic E-state index is 3.68. The van der Waals surface area contributed by atoms with Gasteiger partial charge in [0.25, 0.3) is 0 Å². The average molecular weight is 352 g/mol. The molecule has 1 aromatic heterocycles. The van der Waals surface area contributed by atoms with Crippen molar-refractivity contribution >= 4 is 65.0 Å². The van der Waals surface area contributed by atoms with Crippen molar-refractivity contribution in [1.29, 1.82) is 0 Å². The van der Waals surface area contributed by atoms with Gasteiger partial charge < -0.3 is 0 Å². The quantitative estimate of drug-likeness (QED) is 0.523. The van der Waals surface area contributed by atoms with Gasteiger partial charge in [-0.3, -0.25) is 0 Å². The van der Waals surface area contributed by atoms with Gasteiger partial charge in [-0.25, -0.2) is 0 Å². The van der Waals surface area contributed by atoms with E-state index in [4.69, 9.17) is 0 Å². The van der Waals surface area contributed by atoms with Gasteiger partial charge in [-0.15, -0.1) is 23.1 Å². The second-order valence-electron chi connectivity index (χ2n) is 2.84. The van der Waals surface area contributed by atoms with E-state index in [2.05, 4.69) is 55.6 Å². The molecule has 14 heavy (non-hydrogen) atoms. The van der Waals surface area contributed by atoms with E-state index in [1.165, 1.54) is 25.0 Å². The summed E-state index contributed by atoms with van der Waals surface area (Å²) >= 11 is 10.8. The van der Waals surface area contributed by atoms with Gasteiger partial charge in [0, 0.05) is 24.8 Å². The lowest BCUT2D eigenvalue weighted by Crippen LogP contribution is -1.85. The van der Waals surface area contributed by atoms with Crippen LogP contribution in [0.2, 0.25) is 0 Å². The average Bonchev–Trinajstić information content (AvgIpc) is 2.65. The van der Waals surface area contributed by atoms with E-state index >= 15 is 0 Å². The van der Waals surface area contributed by atoms with Crippen LogP contribution in [-0.2, 0) is 5.33 Å². The van der Waals surface area contributed by atoms with Crippen LogP contribution in [0.3, 0.4) is 0 Å². The third-order valence-electron chi connectivity index (χ3n) is 2.11. The maximum Gasteiger partial charge on any atom is 0.0365 e. The number of alkyl halides is 1. The first-order chi connectivity index (χ1) is 6.77. The van der Waals surface area contributed by atoms with Crippen molar-refractivity contribution < 1.29 is 0 Å². The fourth-order valence-electron chi connectivity index (χ4n) is 1.40. The lowest BCUT2D eigenvalue weighted by Gasteiger charge is -2.08. The van der Waals surface area contributed by atoms with Crippen LogP contribution in [0.15, 0.2) is 26.9 Å². The highest BCUT2D eigenvalue weighted by atomic mass is 79.9. The van der Waals surface area contributed by atoms with Gasteiger partial charge in [0.15, 0.2) is 0 Å². The highest BCUT2D eigenvalue weighted by molar-refractivity contribution is 9.11. The Bertz CT molecular complexity index is 462. The molecular weight excluding hydrogens is 344 g/mol. The largest absolute Gasteiger partial charge is 0.144 e. The molecular formula is C10H8Br2S2. The topological polar surface area (TPSA) is 0 Å². The molecule has 0 N–H and O–H groups in total. The number of thiophene rings is 1. The molecule has 0 unspecified atom stereocenters. The number of rotatable bonds is 2. The van der Waals surface area contributed by atoms with Crippen molar-refractivity contribution in [2.24, 2.45) is 0 Å². The van der Waals surface area contributed by atoms with Crippen molar-refractivity contribution in [3.63, 3.8) is 0 Å². The van der Waals surface area contributed by atoms with Crippen molar-refractivity contribution in [2.75, 3.05) is 6.26 Å². The summed E-state index contributed by atoms with van der Waals surface area (Å²) in [4.78, 5) is 1.35. The minimum atomic E-state index is 0.898. The SMILES string of the molecule is CSc1cc2sccc2c(Br)c1CBr. The van der Waals surface area contributed by atoms with Crippen LogP contribution in [0.1, 0.15) is 5.56 Å². The molecule has 0 amide bonds. The molecule has 4 heteroatoms. The van der Waals surface area contributed by atoms with Crippen molar-refractivity contribution in [3.05, 3.63) is 27.5 Å². The third-order valence-corrected chi connectivity index (χ3v) is 5.24. The Hall–Kier alpha value is 0.490. The molecule has 0 aliphatic heterocycles. The van der Waals surface area contributed by atoms with E-state index in [-0.39, 0.29) is 0 Å². The lowest BCUT2D eigenvalue weighted by atomic mass is 10.2. The van der Waals surface area contributed by atoms with Crippen LogP contribution >= 0.6 is 55.0 Å². The molecule has 0 saturated heterocycles. The van der Waals surface area contributed by atoms with Crippen LogP contribution < -0.4 is 0 Å². The number of fused-ring (bicyclic) bond motifs is 1. The zero-order chi connectivity index (χ0) is 10.1. The second-order valence-corrected chi connectivity index (χ2v) is 5.99. The predicted octanol–water partition coefficient (Wildman–Crippen LogP) is 5.28. The van der Waals surface area contributed by atoms with Crippen molar-refractivity contribution in [1.82, 2.24) is 0 Å². The molecule has 0 saturated carbocycles. The summed E-state index contributed by atoms with van der Waals surface area (Å²) in [5.41, 5.74) is 1.35. The summed E-state index contributed by atoms with van der Waals surface area (Å²) in [5, 5.41) is 4.36. The zero-order valence-corrected chi connectivity index (χ0v) is 12.3. The first kappa shape index (κ1) is 11.0. The Balaban J connectivity index is 2.79. The summed E-state index contributed by atoms with van der Waals surface area (Å²) in [6.45, 7) is 0. The molecule has 0 nitrogen and oxygen atoms in total. The highest BCUT2D eigenvalue weighted by Gasteiger charge is 2.10. The van der Waals surface area contributed by atoms with Gasteiger partial charge in [0.05, 0.1) is 0 Å². The molecule has 0 atom stereocenters. The smallest absolute Gasteiger partial charge is 0.0365 e. The summed E-state index contributed by atoms with van der Waals surface area (Å²) in [7, 11) is 0. The third kappa shape index (κ3) is 1.77. The van der Waals surface area contributed by atoms with Gasteiger partial charge in [-0.05, 0) is 45.3 Å². The summed E-state index contributed by atoms with van der Waals surface area (Å²) in [6, 6.07) is 4.44. The van der Waals surface area contributed by atoms with Crippen LogP contribution in [0, 0.1) is 0 Å². The Labute approximate surface area is 108 Å². The lowest BCUT2D eigenvalue weighted by molar-refractivity contribution is 1.29. The molecule has 0 bridgehead atoms. The van der Waals surface area contributed by atoms with Gasteiger partial charge in [-0.2, -0.15) is 0 Å². The van der Waals surface area contributed by atoms with E-state index in [1.54, 1.807) is 23.1 Å². The Morgan fingerprint density at radius 3 is 2.93 bits per heavy atom. The van der Waals surface area contributed by atoms with Gasteiger partial charge >= 0.3 is 0 Å². The monoisotopic (exact) mass is 350 g/mol. The number of halogens is 2. The number of hydrogen-bond acceptors (Lipinski definition) is 2. The molecule has 1 aromatic carbocycles. The second kappa shape index (κ2) is 4.56. The fraction of sp³-hybridized carbons (Fsp3) is 0.200. The minimum absolute atomic E-state index is 0.898. The molecule has 0 radical (unpaired) electrons. The molecule has 0 spiro atoms. The molecule has 74 valence electrons. The molecule has 0 fully saturated rings. The van der Waals surface area contributed by atoms with E-state index in [0.717, 1.165) is 5.33 Å². The highest BCUT2D eigenvalue weighted by Crippen LogP contribution is 2.38. The normalized spacial score (nSPS) is 11.1. The molecule has 2 aromatic rings. The van der Waals surface area contributed by atoms with E-state index in [9.17, 15) is 0 Å². The fourth-order valence-corrected chi connectivity index (χ4v) is 5.07. The Morgan fingerprint density at radius 2 is 2.29 bits per heavy atom. The van der Waals surface area contributed by atoms with E-state index in [0.29, 0.717) is 0 Å². The molecule has 0 aliphatic carbocycles. The van der Waals surface area contributed by atoms with Crippen molar-refractivity contribution in [2.45, 2.75) is 10.2 Å².